The van der Waals surface area contributed by atoms with E-state index >= 15 is 0 Å². The first-order valence-corrected chi connectivity index (χ1v) is 7.44. The maximum absolute atomic E-state index is 2.58. The van der Waals surface area contributed by atoms with E-state index in [4.69, 9.17) is 0 Å². The van der Waals surface area contributed by atoms with Crippen LogP contribution in [0.5, 0.6) is 0 Å². The van der Waals surface area contributed by atoms with E-state index in [1.807, 2.05) is 0 Å². The summed E-state index contributed by atoms with van der Waals surface area (Å²) in [4.78, 5) is 0. The summed E-state index contributed by atoms with van der Waals surface area (Å²) in [7, 11) is 0. The first-order valence-electron chi connectivity index (χ1n) is 7.44. The number of hydrogen-bond donors (Lipinski definition) is 0. The predicted molar refractivity (Wildman–Crippen MR) is 76.0 cm³/mol. The molecule has 0 aromatic heterocycles. The first kappa shape index (κ1) is 13.4. The fourth-order valence-electron chi connectivity index (χ4n) is 4.84. The summed E-state index contributed by atoms with van der Waals surface area (Å²) >= 11 is 0. The number of rotatable bonds is 1. The summed E-state index contributed by atoms with van der Waals surface area (Å²) in [6.45, 7) is 19.9. The predicted octanol–water partition coefficient (Wildman–Crippen LogP) is 5.52. The van der Waals surface area contributed by atoms with Crippen molar-refractivity contribution in [2.24, 2.45) is 33.5 Å². The van der Waals surface area contributed by atoms with Crippen molar-refractivity contribution in [3.8, 4) is 0 Å². The lowest BCUT2D eigenvalue weighted by Crippen LogP contribution is -2.63. The minimum Gasteiger partial charge on any atom is -0.0596 e. The van der Waals surface area contributed by atoms with Crippen molar-refractivity contribution >= 4 is 0 Å². The van der Waals surface area contributed by atoms with Gasteiger partial charge in [0.2, 0.25) is 0 Å². The van der Waals surface area contributed by atoms with Gasteiger partial charge in [0.25, 0.3) is 0 Å². The van der Waals surface area contributed by atoms with E-state index in [0.29, 0.717) is 21.7 Å². The third kappa shape index (κ3) is 1.48. The molecule has 3 fully saturated rings. The van der Waals surface area contributed by atoms with Crippen LogP contribution in [-0.4, -0.2) is 0 Å². The Labute approximate surface area is 109 Å². The van der Waals surface area contributed by atoms with E-state index in [1.165, 1.54) is 19.3 Å². The van der Waals surface area contributed by atoms with E-state index in [-0.39, 0.29) is 0 Å². The maximum Gasteiger partial charge on any atom is -0.0236 e. The highest BCUT2D eigenvalue weighted by Gasteiger charge is 2.64. The second-order valence-electron chi connectivity index (χ2n) is 9.14. The molecule has 0 aromatic rings. The molecule has 3 atom stereocenters. The molecule has 0 N–H and O–H groups in total. The lowest BCUT2D eigenvalue weighted by molar-refractivity contribution is -0.214. The molecule has 0 amide bonds. The molecule has 0 aliphatic heterocycles. The van der Waals surface area contributed by atoms with Crippen LogP contribution in [0.15, 0.2) is 0 Å². The van der Waals surface area contributed by atoms with Crippen molar-refractivity contribution in [3.63, 3.8) is 0 Å². The molecule has 3 unspecified atom stereocenters. The summed E-state index contributed by atoms with van der Waals surface area (Å²) in [5.41, 5.74) is 1.91. The van der Waals surface area contributed by atoms with Gasteiger partial charge in [-0.3, -0.25) is 0 Å². The SMILES string of the molecule is CC1(C)C2CCC(C)(C(C)(C)C(C)(C)C)C1C2. The molecule has 0 aromatic carbocycles. The van der Waals surface area contributed by atoms with Gasteiger partial charge in [0.1, 0.15) is 0 Å². The smallest absolute Gasteiger partial charge is 0.0236 e. The minimum absolute atomic E-state index is 0.389. The Balaban J connectivity index is 2.37. The highest BCUT2D eigenvalue weighted by molar-refractivity contribution is 5.13. The Morgan fingerprint density at radius 3 is 1.82 bits per heavy atom. The first-order chi connectivity index (χ1) is 7.44. The van der Waals surface area contributed by atoms with E-state index in [2.05, 4.69) is 55.4 Å². The zero-order valence-electron chi connectivity index (χ0n) is 13.3. The third-order valence-electron chi connectivity index (χ3n) is 7.55. The molecule has 17 heavy (non-hydrogen) atoms. The molecule has 3 aliphatic rings. The third-order valence-corrected chi connectivity index (χ3v) is 7.55. The Morgan fingerprint density at radius 2 is 1.47 bits per heavy atom. The fourth-order valence-corrected chi connectivity index (χ4v) is 4.84. The van der Waals surface area contributed by atoms with Crippen LogP contribution in [0.1, 0.15) is 74.7 Å². The molecule has 2 bridgehead atoms. The van der Waals surface area contributed by atoms with Crippen LogP contribution < -0.4 is 0 Å². The fraction of sp³-hybridized carbons (Fsp3) is 1.00. The summed E-state index contributed by atoms with van der Waals surface area (Å²) in [5, 5.41) is 0. The zero-order chi connectivity index (χ0) is 13.3. The summed E-state index contributed by atoms with van der Waals surface area (Å²) in [6.07, 6.45) is 4.39. The van der Waals surface area contributed by atoms with Crippen LogP contribution in [0.2, 0.25) is 0 Å². The van der Waals surface area contributed by atoms with Gasteiger partial charge in [-0.1, -0.05) is 55.4 Å². The van der Waals surface area contributed by atoms with E-state index in [9.17, 15) is 0 Å². The van der Waals surface area contributed by atoms with Crippen molar-refractivity contribution in [2.75, 3.05) is 0 Å². The summed E-state index contributed by atoms with van der Waals surface area (Å²) in [6, 6.07) is 0. The topological polar surface area (TPSA) is 0 Å². The van der Waals surface area contributed by atoms with Gasteiger partial charge in [0.05, 0.1) is 0 Å². The number of hydrogen-bond acceptors (Lipinski definition) is 0. The lowest BCUT2D eigenvalue weighted by Gasteiger charge is -2.70. The molecule has 0 saturated heterocycles. The monoisotopic (exact) mass is 236 g/mol. The van der Waals surface area contributed by atoms with Gasteiger partial charge < -0.3 is 0 Å². The van der Waals surface area contributed by atoms with Gasteiger partial charge in [-0.05, 0) is 52.8 Å². The van der Waals surface area contributed by atoms with Crippen LogP contribution >= 0.6 is 0 Å². The zero-order valence-corrected chi connectivity index (χ0v) is 13.3. The Hall–Kier alpha value is 0. The Bertz CT molecular complexity index is 310. The lowest BCUT2D eigenvalue weighted by atomic mass is 9.34. The molecule has 3 aliphatic carbocycles. The quantitative estimate of drug-likeness (QED) is 0.562. The van der Waals surface area contributed by atoms with E-state index in [1.54, 1.807) is 0 Å². The van der Waals surface area contributed by atoms with Crippen LogP contribution in [0.4, 0.5) is 0 Å². The molecular weight excluding hydrogens is 204 g/mol. The Kier molecular flexibility index (Phi) is 2.61. The van der Waals surface area contributed by atoms with Crippen molar-refractivity contribution < 1.29 is 0 Å². The molecule has 0 radical (unpaired) electrons. The Morgan fingerprint density at radius 1 is 0.941 bits per heavy atom. The molecule has 0 heteroatoms. The average Bonchev–Trinajstić information content (AvgIpc) is 2.15. The number of fused-ring (bicyclic) bond motifs is 2. The van der Waals surface area contributed by atoms with Crippen LogP contribution in [-0.2, 0) is 0 Å². The highest BCUT2D eigenvalue weighted by Crippen LogP contribution is 2.72. The second-order valence-corrected chi connectivity index (χ2v) is 9.14. The standard InChI is InChI=1S/C17H32/c1-14(2,3)16(6,7)17(8)10-9-12-11-13(17)15(12,4)5/h12-13H,9-11H2,1-8H3. The van der Waals surface area contributed by atoms with Crippen molar-refractivity contribution in [2.45, 2.75) is 74.7 Å². The van der Waals surface area contributed by atoms with Gasteiger partial charge in [-0.25, -0.2) is 0 Å². The van der Waals surface area contributed by atoms with Gasteiger partial charge in [0, 0.05) is 0 Å². The van der Waals surface area contributed by atoms with E-state index < -0.39 is 0 Å². The highest BCUT2D eigenvalue weighted by atomic mass is 14.7. The molecule has 3 rings (SSSR count). The van der Waals surface area contributed by atoms with Gasteiger partial charge in [0.15, 0.2) is 0 Å². The van der Waals surface area contributed by atoms with Crippen molar-refractivity contribution in [1.82, 2.24) is 0 Å². The van der Waals surface area contributed by atoms with E-state index in [0.717, 1.165) is 11.8 Å². The molecule has 0 heterocycles. The molecule has 0 nitrogen and oxygen atoms in total. The summed E-state index contributed by atoms with van der Waals surface area (Å²) in [5.74, 6) is 1.94. The largest absolute Gasteiger partial charge is 0.0596 e. The summed E-state index contributed by atoms with van der Waals surface area (Å²) < 4.78 is 0. The van der Waals surface area contributed by atoms with Gasteiger partial charge in [-0.2, -0.15) is 0 Å². The van der Waals surface area contributed by atoms with Crippen LogP contribution in [0.25, 0.3) is 0 Å². The van der Waals surface area contributed by atoms with Crippen molar-refractivity contribution in [1.29, 1.82) is 0 Å². The molecular formula is C17H32. The van der Waals surface area contributed by atoms with Gasteiger partial charge >= 0.3 is 0 Å². The van der Waals surface area contributed by atoms with Gasteiger partial charge in [-0.15, -0.1) is 0 Å². The second kappa shape index (κ2) is 3.31. The van der Waals surface area contributed by atoms with Crippen LogP contribution in [0.3, 0.4) is 0 Å². The molecule has 100 valence electrons. The minimum atomic E-state index is 0.389. The normalized spacial score (nSPS) is 40.9. The van der Waals surface area contributed by atoms with Crippen LogP contribution in [0, 0.1) is 33.5 Å². The van der Waals surface area contributed by atoms with Crippen molar-refractivity contribution in [3.05, 3.63) is 0 Å². The average molecular weight is 236 g/mol. The molecule has 3 saturated carbocycles. The molecule has 0 spiro atoms. The maximum atomic E-state index is 2.58.